The summed E-state index contributed by atoms with van der Waals surface area (Å²) in [6, 6.07) is 5.72. The fourth-order valence-electron chi connectivity index (χ4n) is 0.313. The molecule has 64 valence electrons. The Morgan fingerprint density at radius 3 is 1.55 bits per heavy atom. The largest absolute Gasteiger partial charge is 1.00 e. The molecule has 0 atom stereocenters. The first kappa shape index (κ1) is 12.7. The Balaban J connectivity index is 0. The molecule has 5 nitrogen and oxygen atoms in total. The maximum atomic E-state index is 8.25. The molecule has 0 aromatic carbocycles. The van der Waals surface area contributed by atoms with E-state index in [1.54, 1.807) is 12.4 Å². The van der Waals surface area contributed by atoms with Crippen LogP contribution in [-0.2, 0) is 22.4 Å². The van der Waals surface area contributed by atoms with Crippen molar-refractivity contribution in [3.05, 3.63) is 45.9 Å². The summed E-state index contributed by atoms with van der Waals surface area (Å²) in [5.41, 5.74) is 0. The van der Waals surface area contributed by atoms with Crippen LogP contribution in [-0.4, -0.2) is 10.1 Å². The van der Waals surface area contributed by atoms with Crippen molar-refractivity contribution in [2.24, 2.45) is 0 Å². The molecule has 1 rings (SSSR count). The molecule has 0 unspecified atom stereocenters. The minimum atomic E-state index is -1.75. The zero-order chi connectivity index (χ0) is 7.82. The second kappa shape index (κ2) is 9.09. The molecule has 1 heterocycles. The Hall–Kier alpha value is -0.910. The number of hydrogen-bond acceptors (Lipinski definition) is 4. The molecule has 0 saturated heterocycles. The quantitative estimate of drug-likeness (QED) is 0.387. The van der Waals surface area contributed by atoms with E-state index in [1.807, 2.05) is 18.2 Å². The van der Waals surface area contributed by atoms with Gasteiger partial charge in [0.1, 0.15) is 0 Å². The Morgan fingerprint density at radius 1 is 1.09 bits per heavy atom. The van der Waals surface area contributed by atoms with Crippen molar-refractivity contribution in [2.45, 2.75) is 0 Å². The molecular formula is C5H5AgN2O3. The molecule has 0 radical (unpaired) electrons. The number of hydrogen-bond donors (Lipinski definition) is 0. The summed E-state index contributed by atoms with van der Waals surface area (Å²) < 4.78 is 0. The van der Waals surface area contributed by atoms with E-state index in [-0.39, 0.29) is 22.4 Å². The van der Waals surface area contributed by atoms with Gasteiger partial charge in [-0.2, -0.15) is 0 Å². The smallest absolute Gasteiger partial charge is 0.356 e. The van der Waals surface area contributed by atoms with Crippen molar-refractivity contribution in [3.63, 3.8) is 0 Å². The summed E-state index contributed by atoms with van der Waals surface area (Å²) in [6.07, 6.45) is 3.50. The average Bonchev–Trinajstić information content (AvgIpc) is 1.90. The number of nitrogens with zero attached hydrogens (tertiary/aromatic N) is 2. The normalized spacial score (nSPS) is 6.55. The van der Waals surface area contributed by atoms with E-state index in [0.717, 1.165) is 0 Å². The molecule has 1 aromatic rings. The summed E-state index contributed by atoms with van der Waals surface area (Å²) in [5.74, 6) is 0. The van der Waals surface area contributed by atoms with Gasteiger partial charge in [-0.25, -0.2) is 0 Å². The van der Waals surface area contributed by atoms with Gasteiger partial charge in [0.05, 0.1) is 5.09 Å². The van der Waals surface area contributed by atoms with Crippen molar-refractivity contribution in [2.75, 3.05) is 0 Å². The topological polar surface area (TPSA) is 79.1 Å². The van der Waals surface area contributed by atoms with Crippen molar-refractivity contribution in [1.29, 1.82) is 0 Å². The SMILES string of the molecule is O=[N+]([O-])[O-].[Ag+].c1ccncc1. The van der Waals surface area contributed by atoms with Crippen LogP contribution in [0.25, 0.3) is 0 Å². The zero-order valence-electron chi connectivity index (χ0n) is 5.31. The van der Waals surface area contributed by atoms with Crippen LogP contribution in [0, 0.1) is 15.3 Å². The first-order valence-electron chi connectivity index (χ1n) is 2.40. The van der Waals surface area contributed by atoms with Crippen LogP contribution < -0.4 is 0 Å². The van der Waals surface area contributed by atoms with E-state index >= 15 is 0 Å². The van der Waals surface area contributed by atoms with E-state index in [0.29, 0.717) is 0 Å². The van der Waals surface area contributed by atoms with Crippen molar-refractivity contribution < 1.29 is 27.5 Å². The monoisotopic (exact) mass is 248 g/mol. The summed E-state index contributed by atoms with van der Waals surface area (Å²) in [7, 11) is 0. The molecule has 0 bridgehead atoms. The van der Waals surface area contributed by atoms with Gasteiger partial charge in [-0.1, -0.05) is 6.07 Å². The van der Waals surface area contributed by atoms with E-state index in [4.69, 9.17) is 15.3 Å². The first-order valence-corrected chi connectivity index (χ1v) is 2.40. The van der Waals surface area contributed by atoms with Gasteiger partial charge in [0.15, 0.2) is 0 Å². The van der Waals surface area contributed by atoms with Crippen molar-refractivity contribution in [1.82, 2.24) is 4.98 Å². The predicted octanol–water partition coefficient (Wildman–Crippen LogP) is 0.840. The number of aromatic nitrogens is 1. The van der Waals surface area contributed by atoms with Gasteiger partial charge in [0.25, 0.3) is 0 Å². The van der Waals surface area contributed by atoms with E-state index in [2.05, 4.69) is 4.98 Å². The summed E-state index contributed by atoms with van der Waals surface area (Å²) in [6.45, 7) is 0. The Kier molecular flexibility index (Phi) is 10.5. The van der Waals surface area contributed by atoms with Crippen LogP contribution in [0.4, 0.5) is 0 Å². The van der Waals surface area contributed by atoms with Crippen LogP contribution >= 0.6 is 0 Å². The molecule has 0 aliphatic heterocycles. The summed E-state index contributed by atoms with van der Waals surface area (Å²) in [4.78, 5) is 12.0. The van der Waals surface area contributed by atoms with E-state index in [1.165, 1.54) is 0 Å². The van der Waals surface area contributed by atoms with Crippen LogP contribution in [0.1, 0.15) is 0 Å². The molecule has 0 N–H and O–H groups in total. The first-order chi connectivity index (χ1) is 4.73. The Bertz CT molecular complexity index is 152. The molecule has 0 saturated carbocycles. The van der Waals surface area contributed by atoms with Crippen LogP contribution in [0.2, 0.25) is 0 Å². The van der Waals surface area contributed by atoms with Gasteiger partial charge in [0.2, 0.25) is 0 Å². The van der Waals surface area contributed by atoms with Gasteiger partial charge in [-0.05, 0) is 12.1 Å². The fraction of sp³-hybridized carbons (Fsp3) is 0. The molecule has 0 aliphatic carbocycles. The Labute approximate surface area is 78.7 Å². The van der Waals surface area contributed by atoms with Gasteiger partial charge in [0, 0.05) is 12.4 Å². The second-order valence-corrected chi connectivity index (χ2v) is 1.25. The number of pyridine rings is 1. The zero-order valence-corrected chi connectivity index (χ0v) is 6.79. The maximum absolute atomic E-state index is 8.25. The average molecular weight is 249 g/mol. The minimum Gasteiger partial charge on any atom is -0.356 e. The molecular weight excluding hydrogens is 244 g/mol. The third-order valence-corrected chi connectivity index (χ3v) is 0.566. The second-order valence-electron chi connectivity index (χ2n) is 1.25. The van der Waals surface area contributed by atoms with Gasteiger partial charge < -0.3 is 15.3 Å². The van der Waals surface area contributed by atoms with Crippen LogP contribution in [0.3, 0.4) is 0 Å². The fourth-order valence-corrected chi connectivity index (χ4v) is 0.313. The summed E-state index contributed by atoms with van der Waals surface area (Å²) >= 11 is 0. The molecule has 0 amide bonds. The third-order valence-electron chi connectivity index (χ3n) is 0.566. The van der Waals surface area contributed by atoms with Crippen LogP contribution in [0.5, 0.6) is 0 Å². The van der Waals surface area contributed by atoms with Crippen LogP contribution in [0.15, 0.2) is 30.6 Å². The molecule has 6 heteroatoms. The van der Waals surface area contributed by atoms with E-state index in [9.17, 15) is 0 Å². The maximum Gasteiger partial charge on any atom is 1.00 e. The summed E-state index contributed by atoms with van der Waals surface area (Å²) in [5, 5.41) is 14.8. The van der Waals surface area contributed by atoms with E-state index < -0.39 is 5.09 Å². The van der Waals surface area contributed by atoms with Gasteiger partial charge in [-0.15, -0.1) is 0 Å². The molecule has 0 spiro atoms. The molecule has 1 aromatic heterocycles. The molecule has 0 aliphatic rings. The van der Waals surface area contributed by atoms with Gasteiger partial charge >= 0.3 is 22.4 Å². The van der Waals surface area contributed by atoms with Crippen molar-refractivity contribution >= 4 is 0 Å². The Morgan fingerprint density at radius 2 is 1.45 bits per heavy atom. The standard InChI is InChI=1S/C5H5N.Ag.NO3/c1-2-4-6-5-3-1;;2-1(3)4/h1-5H;;/q;+1;-1. The predicted molar refractivity (Wildman–Crippen MR) is 34.6 cm³/mol. The third kappa shape index (κ3) is 17.6. The minimum absolute atomic E-state index is 0. The molecule has 11 heavy (non-hydrogen) atoms. The van der Waals surface area contributed by atoms with Gasteiger partial charge in [-0.3, -0.25) is 4.98 Å². The number of rotatable bonds is 0. The van der Waals surface area contributed by atoms with Crippen molar-refractivity contribution in [3.8, 4) is 0 Å². The molecule has 0 fully saturated rings.